The maximum atomic E-state index is 13.8. The summed E-state index contributed by atoms with van der Waals surface area (Å²) >= 11 is -1.54. The Morgan fingerprint density at radius 1 is 1.45 bits per heavy atom. The van der Waals surface area contributed by atoms with Crippen LogP contribution in [0.15, 0.2) is 22.6 Å². The van der Waals surface area contributed by atoms with E-state index in [1.165, 1.54) is 0 Å². The van der Waals surface area contributed by atoms with E-state index < -0.39 is 26.8 Å². The molecule has 0 saturated heterocycles. The van der Waals surface area contributed by atoms with E-state index >= 15 is 0 Å². The number of nitrogens with zero attached hydrogens (tertiary/aromatic N) is 2. The fourth-order valence-corrected chi connectivity index (χ4v) is 2.09. The number of hydrogen-bond donors (Lipinski definition) is 0. The van der Waals surface area contributed by atoms with E-state index in [4.69, 9.17) is 0 Å². The molecule has 0 fully saturated rings. The van der Waals surface area contributed by atoms with Gasteiger partial charge in [-0.05, 0) is 33.3 Å². The molecular formula is C13H17FN2O3S. The molecule has 0 bridgehead atoms. The van der Waals surface area contributed by atoms with Crippen LogP contribution < -0.4 is 0 Å². The van der Waals surface area contributed by atoms with E-state index in [0.29, 0.717) is 6.42 Å². The number of nitro groups is 1. The maximum Gasteiger partial charge on any atom is 0.270 e. The topological polar surface area (TPSA) is 78.6 Å². The Morgan fingerprint density at radius 2 is 2.05 bits per heavy atom. The van der Waals surface area contributed by atoms with Crippen LogP contribution in [-0.2, 0) is 11.4 Å². The van der Waals surface area contributed by atoms with Crippen molar-refractivity contribution in [2.45, 2.75) is 38.9 Å². The number of benzene rings is 1. The first kappa shape index (κ1) is 16.6. The largest absolute Gasteiger partial charge is 0.591 e. The van der Waals surface area contributed by atoms with Gasteiger partial charge in [-0.3, -0.25) is 10.1 Å². The summed E-state index contributed by atoms with van der Waals surface area (Å²) in [6.45, 7) is 6.99. The molecule has 1 aromatic rings. The molecule has 0 amide bonds. The summed E-state index contributed by atoms with van der Waals surface area (Å²) in [5, 5.41) is 10.7. The molecule has 0 aliphatic carbocycles. The lowest BCUT2D eigenvalue weighted by molar-refractivity contribution is -0.384. The lowest BCUT2D eigenvalue weighted by atomic mass is 10.1. The first-order valence-corrected chi connectivity index (χ1v) is 7.21. The second-order valence-corrected chi connectivity index (χ2v) is 7.08. The monoisotopic (exact) mass is 300 g/mol. The zero-order valence-electron chi connectivity index (χ0n) is 11.8. The molecule has 0 unspecified atom stereocenters. The Bertz CT molecular complexity index is 541. The number of non-ortho nitro benzene ring substituents is 1. The molecule has 0 saturated carbocycles. The van der Waals surface area contributed by atoms with Gasteiger partial charge in [-0.2, -0.15) is 0 Å². The van der Waals surface area contributed by atoms with Gasteiger partial charge in [0.25, 0.3) is 5.69 Å². The van der Waals surface area contributed by atoms with Crippen LogP contribution in [0.5, 0.6) is 0 Å². The second-order valence-electron chi connectivity index (χ2n) is 5.17. The summed E-state index contributed by atoms with van der Waals surface area (Å²) in [5.74, 6) is -0.609. The predicted octanol–water partition coefficient (Wildman–Crippen LogP) is 3.40. The third-order valence-electron chi connectivity index (χ3n) is 2.52. The molecule has 0 aromatic heterocycles. The molecule has 110 valence electrons. The normalized spacial score (nSPS) is 14.2. The van der Waals surface area contributed by atoms with Crippen molar-refractivity contribution < 1.29 is 13.9 Å². The van der Waals surface area contributed by atoms with Crippen molar-refractivity contribution in [2.75, 3.05) is 0 Å². The molecule has 0 aliphatic rings. The molecule has 0 aliphatic heterocycles. The molecule has 0 N–H and O–H groups in total. The summed E-state index contributed by atoms with van der Waals surface area (Å²) < 4.78 is 29.3. The molecule has 1 atom stereocenters. The Labute approximate surface area is 120 Å². The van der Waals surface area contributed by atoms with Crippen LogP contribution in [-0.4, -0.2) is 19.9 Å². The highest BCUT2D eigenvalue weighted by Crippen LogP contribution is 2.22. The highest BCUT2D eigenvalue weighted by Gasteiger charge is 2.28. The van der Waals surface area contributed by atoms with Gasteiger partial charge in [-0.15, -0.1) is 0 Å². The van der Waals surface area contributed by atoms with Crippen molar-refractivity contribution in [3.63, 3.8) is 0 Å². The molecule has 7 heteroatoms. The van der Waals surface area contributed by atoms with Gasteiger partial charge in [0, 0.05) is 17.7 Å². The van der Waals surface area contributed by atoms with Crippen LogP contribution in [0.1, 0.15) is 39.7 Å². The Hall–Kier alpha value is -1.47. The smallest absolute Gasteiger partial charge is 0.270 e. The number of nitro benzene ring substituents is 1. The third-order valence-corrected chi connectivity index (χ3v) is 3.96. The van der Waals surface area contributed by atoms with Gasteiger partial charge in [0.05, 0.1) is 4.92 Å². The van der Waals surface area contributed by atoms with Crippen molar-refractivity contribution >= 4 is 22.8 Å². The van der Waals surface area contributed by atoms with Crippen molar-refractivity contribution in [2.24, 2.45) is 4.40 Å². The molecule has 20 heavy (non-hydrogen) atoms. The molecule has 0 heterocycles. The van der Waals surface area contributed by atoms with E-state index in [2.05, 4.69) is 4.40 Å². The number of hydrogen-bond acceptors (Lipinski definition) is 4. The average molecular weight is 300 g/mol. The molecule has 1 rings (SSSR count). The standard InChI is InChI=1S/C13H17FN2O3S/c1-5-12(15-20(19)13(2,3)4)10-8-9(16(17)18)6-7-11(10)14/h6-8H,5H2,1-4H3/b15-12+/t20-/m1/s1. The maximum absolute atomic E-state index is 13.8. The van der Waals surface area contributed by atoms with Crippen molar-refractivity contribution in [1.29, 1.82) is 0 Å². The lowest BCUT2D eigenvalue weighted by Gasteiger charge is -2.19. The molecular weight excluding hydrogens is 283 g/mol. The van der Waals surface area contributed by atoms with Gasteiger partial charge in [0.15, 0.2) is 0 Å². The predicted molar refractivity (Wildman–Crippen MR) is 77.8 cm³/mol. The third kappa shape index (κ3) is 4.01. The summed E-state index contributed by atoms with van der Waals surface area (Å²) in [5.41, 5.74) is 0.0721. The van der Waals surface area contributed by atoms with Crippen LogP contribution in [0.25, 0.3) is 0 Å². The van der Waals surface area contributed by atoms with Gasteiger partial charge < -0.3 is 4.55 Å². The van der Waals surface area contributed by atoms with E-state index in [1.54, 1.807) is 27.7 Å². The first-order chi connectivity index (χ1) is 9.16. The SMILES string of the molecule is CC/C(=N\[S@+]([O-])C(C)(C)C)c1cc([N+](=O)[O-])ccc1F. The highest BCUT2D eigenvalue weighted by molar-refractivity contribution is 7.91. The van der Waals surface area contributed by atoms with Crippen LogP contribution >= 0.6 is 0 Å². The highest BCUT2D eigenvalue weighted by atomic mass is 32.2. The van der Waals surface area contributed by atoms with Crippen molar-refractivity contribution in [1.82, 2.24) is 0 Å². The fraction of sp³-hybridized carbons (Fsp3) is 0.462. The zero-order chi connectivity index (χ0) is 15.5. The Kier molecular flexibility index (Phi) is 5.24. The Morgan fingerprint density at radius 3 is 2.50 bits per heavy atom. The van der Waals surface area contributed by atoms with E-state index in [0.717, 1.165) is 18.2 Å². The van der Waals surface area contributed by atoms with Crippen LogP contribution in [0.4, 0.5) is 10.1 Å². The van der Waals surface area contributed by atoms with E-state index in [1.807, 2.05) is 0 Å². The lowest BCUT2D eigenvalue weighted by Crippen LogP contribution is -2.27. The zero-order valence-corrected chi connectivity index (χ0v) is 12.7. The van der Waals surface area contributed by atoms with Gasteiger partial charge >= 0.3 is 0 Å². The number of halogens is 1. The number of rotatable bonds is 4. The summed E-state index contributed by atoms with van der Waals surface area (Å²) in [6, 6.07) is 3.24. The molecule has 1 aromatic carbocycles. The average Bonchev–Trinajstić information content (AvgIpc) is 2.35. The molecule has 5 nitrogen and oxygen atoms in total. The van der Waals surface area contributed by atoms with Crippen molar-refractivity contribution in [3.05, 3.63) is 39.7 Å². The van der Waals surface area contributed by atoms with Crippen LogP contribution in [0.3, 0.4) is 0 Å². The minimum absolute atomic E-state index is 0.0271. The van der Waals surface area contributed by atoms with Crippen molar-refractivity contribution in [3.8, 4) is 0 Å². The fourth-order valence-electron chi connectivity index (χ4n) is 1.39. The van der Waals surface area contributed by atoms with Gasteiger partial charge in [-0.25, -0.2) is 4.39 Å². The summed E-state index contributed by atoms with van der Waals surface area (Å²) in [7, 11) is 0. The van der Waals surface area contributed by atoms with E-state index in [9.17, 15) is 19.1 Å². The second kappa shape index (κ2) is 6.32. The van der Waals surface area contributed by atoms with Gasteiger partial charge in [0.1, 0.15) is 27.6 Å². The Balaban J connectivity index is 3.28. The van der Waals surface area contributed by atoms with Crippen LogP contribution in [0.2, 0.25) is 0 Å². The first-order valence-electron chi connectivity index (χ1n) is 6.10. The minimum Gasteiger partial charge on any atom is -0.591 e. The van der Waals surface area contributed by atoms with Gasteiger partial charge in [-0.1, -0.05) is 11.3 Å². The molecule has 0 spiro atoms. The quantitative estimate of drug-likeness (QED) is 0.370. The van der Waals surface area contributed by atoms with Gasteiger partial charge in [0.2, 0.25) is 0 Å². The molecule has 0 radical (unpaired) electrons. The van der Waals surface area contributed by atoms with E-state index in [-0.39, 0.29) is 17.0 Å². The summed E-state index contributed by atoms with van der Waals surface area (Å²) in [4.78, 5) is 10.1. The van der Waals surface area contributed by atoms with Crippen LogP contribution in [0, 0.1) is 15.9 Å². The summed E-state index contributed by atoms with van der Waals surface area (Å²) in [6.07, 6.45) is 0.333. The minimum atomic E-state index is -1.54.